The summed E-state index contributed by atoms with van der Waals surface area (Å²) in [5, 5.41) is 11.6. The van der Waals surface area contributed by atoms with Crippen molar-refractivity contribution in [3.8, 4) is 0 Å². The molecule has 0 aromatic heterocycles. The third kappa shape index (κ3) is 3.07. The maximum Gasteiger partial charge on any atom is 0.335 e. The van der Waals surface area contributed by atoms with Crippen LogP contribution < -0.4 is 5.32 Å². The molecule has 0 amide bonds. The topological polar surface area (TPSA) is 49.3 Å². The molecule has 0 unspecified atom stereocenters. The number of carbonyl (C=O) groups is 1. The summed E-state index contributed by atoms with van der Waals surface area (Å²) in [6.07, 6.45) is 0. The summed E-state index contributed by atoms with van der Waals surface area (Å²) < 4.78 is 26.4. The molecule has 19 heavy (non-hydrogen) atoms. The van der Waals surface area contributed by atoms with Gasteiger partial charge in [-0.1, -0.05) is 18.2 Å². The molecule has 2 aromatic carbocycles. The van der Waals surface area contributed by atoms with Crippen LogP contribution in [0.1, 0.15) is 15.9 Å². The Morgan fingerprint density at radius 3 is 2.63 bits per heavy atom. The van der Waals surface area contributed by atoms with Crippen LogP contribution in [0, 0.1) is 11.6 Å². The van der Waals surface area contributed by atoms with Crippen molar-refractivity contribution < 1.29 is 18.7 Å². The van der Waals surface area contributed by atoms with Crippen molar-refractivity contribution in [1.82, 2.24) is 0 Å². The van der Waals surface area contributed by atoms with E-state index >= 15 is 0 Å². The lowest BCUT2D eigenvalue weighted by molar-refractivity contribution is 0.0697. The maximum absolute atomic E-state index is 13.4. The number of hydrogen-bond donors (Lipinski definition) is 2. The van der Waals surface area contributed by atoms with Crippen molar-refractivity contribution in [3.05, 3.63) is 65.2 Å². The van der Waals surface area contributed by atoms with Gasteiger partial charge in [0.1, 0.15) is 0 Å². The lowest BCUT2D eigenvalue weighted by Gasteiger charge is -2.08. The zero-order valence-corrected chi connectivity index (χ0v) is 9.86. The first-order valence-corrected chi connectivity index (χ1v) is 5.58. The molecular weight excluding hydrogens is 252 g/mol. The maximum atomic E-state index is 13.4. The molecule has 0 aliphatic heterocycles. The number of halogens is 2. The standard InChI is InChI=1S/C14H11F2NO2/c15-11-5-2-6-12(13(11)16)17-8-9-3-1-4-10(7-9)14(18)19/h1-7,17H,8H2,(H,18,19). The van der Waals surface area contributed by atoms with Crippen LogP contribution in [0.25, 0.3) is 0 Å². The molecule has 5 heteroatoms. The van der Waals surface area contributed by atoms with Crippen molar-refractivity contribution in [1.29, 1.82) is 0 Å². The Morgan fingerprint density at radius 2 is 1.89 bits per heavy atom. The smallest absolute Gasteiger partial charge is 0.335 e. The number of carboxylic acids is 1. The summed E-state index contributed by atoms with van der Waals surface area (Å²) in [5.74, 6) is -2.90. The summed E-state index contributed by atoms with van der Waals surface area (Å²) in [5.41, 5.74) is 0.864. The SMILES string of the molecule is O=C(O)c1cccc(CNc2cccc(F)c2F)c1. The highest BCUT2D eigenvalue weighted by Gasteiger charge is 2.07. The van der Waals surface area contributed by atoms with E-state index in [-0.39, 0.29) is 17.8 Å². The Hall–Kier alpha value is -2.43. The van der Waals surface area contributed by atoms with Crippen LogP contribution >= 0.6 is 0 Å². The van der Waals surface area contributed by atoms with Crippen molar-refractivity contribution >= 4 is 11.7 Å². The molecule has 2 rings (SSSR count). The summed E-state index contributed by atoms with van der Waals surface area (Å²) in [7, 11) is 0. The molecule has 0 bridgehead atoms. The zero-order chi connectivity index (χ0) is 13.8. The van der Waals surface area contributed by atoms with Gasteiger partial charge in [-0.25, -0.2) is 13.6 Å². The zero-order valence-electron chi connectivity index (χ0n) is 9.86. The summed E-state index contributed by atoms with van der Waals surface area (Å²) in [6.45, 7) is 0.210. The van der Waals surface area contributed by atoms with Gasteiger partial charge in [-0.3, -0.25) is 0 Å². The lowest BCUT2D eigenvalue weighted by Crippen LogP contribution is -2.04. The summed E-state index contributed by atoms with van der Waals surface area (Å²) >= 11 is 0. The molecule has 0 fully saturated rings. The first kappa shape index (κ1) is 13.0. The average Bonchev–Trinajstić information content (AvgIpc) is 2.41. The van der Waals surface area contributed by atoms with Gasteiger partial charge in [-0.15, -0.1) is 0 Å². The highest BCUT2D eigenvalue weighted by molar-refractivity contribution is 5.87. The largest absolute Gasteiger partial charge is 0.478 e. The highest BCUT2D eigenvalue weighted by Crippen LogP contribution is 2.17. The Morgan fingerprint density at radius 1 is 1.16 bits per heavy atom. The van der Waals surface area contributed by atoms with E-state index in [1.807, 2.05) is 0 Å². The summed E-state index contributed by atoms with van der Waals surface area (Å²) in [4.78, 5) is 10.8. The predicted molar refractivity (Wildman–Crippen MR) is 67.1 cm³/mol. The van der Waals surface area contributed by atoms with Gasteiger partial charge in [0.05, 0.1) is 11.3 Å². The van der Waals surface area contributed by atoms with E-state index in [1.165, 1.54) is 24.3 Å². The Labute approximate surface area is 108 Å². The minimum Gasteiger partial charge on any atom is -0.478 e. The van der Waals surface area contributed by atoms with Crippen LogP contribution in [0.4, 0.5) is 14.5 Å². The number of hydrogen-bond acceptors (Lipinski definition) is 2. The minimum absolute atomic E-state index is 0.0423. The molecule has 98 valence electrons. The second-order valence-electron chi connectivity index (χ2n) is 3.96. The normalized spacial score (nSPS) is 10.2. The minimum atomic E-state index is -1.03. The number of rotatable bonds is 4. The first-order chi connectivity index (χ1) is 9.08. The van der Waals surface area contributed by atoms with Crippen molar-refractivity contribution in [2.45, 2.75) is 6.54 Å². The molecule has 0 heterocycles. The Kier molecular flexibility index (Phi) is 3.75. The Bertz CT molecular complexity index is 614. The fraction of sp³-hybridized carbons (Fsp3) is 0.0714. The number of anilines is 1. The van der Waals surface area contributed by atoms with Crippen molar-refractivity contribution in [2.24, 2.45) is 0 Å². The monoisotopic (exact) mass is 263 g/mol. The number of carboxylic acid groups (broad SMARTS) is 1. The molecule has 0 aliphatic rings. The van der Waals surface area contributed by atoms with E-state index in [2.05, 4.69) is 5.32 Å². The molecular formula is C14H11F2NO2. The van der Waals surface area contributed by atoms with Crippen LogP contribution in [-0.4, -0.2) is 11.1 Å². The first-order valence-electron chi connectivity index (χ1n) is 5.58. The fourth-order valence-corrected chi connectivity index (χ4v) is 1.65. The molecule has 0 saturated carbocycles. The molecule has 3 nitrogen and oxygen atoms in total. The number of benzene rings is 2. The molecule has 2 aromatic rings. The van der Waals surface area contributed by atoms with Crippen LogP contribution in [-0.2, 0) is 6.54 Å². The Balaban J connectivity index is 2.12. The number of nitrogens with one attached hydrogen (secondary N) is 1. The van der Waals surface area contributed by atoms with Crippen LogP contribution in [0.3, 0.4) is 0 Å². The van der Waals surface area contributed by atoms with E-state index < -0.39 is 17.6 Å². The van der Waals surface area contributed by atoms with E-state index in [0.717, 1.165) is 6.07 Å². The third-order valence-electron chi connectivity index (χ3n) is 2.61. The molecule has 0 atom stereocenters. The van der Waals surface area contributed by atoms with Gasteiger partial charge in [0.15, 0.2) is 11.6 Å². The number of aromatic carboxylic acids is 1. The second-order valence-corrected chi connectivity index (χ2v) is 3.96. The van der Waals surface area contributed by atoms with E-state index in [9.17, 15) is 13.6 Å². The van der Waals surface area contributed by atoms with Crippen molar-refractivity contribution in [3.63, 3.8) is 0 Å². The van der Waals surface area contributed by atoms with Crippen LogP contribution in [0.2, 0.25) is 0 Å². The molecule has 2 N–H and O–H groups in total. The lowest BCUT2D eigenvalue weighted by atomic mass is 10.1. The van der Waals surface area contributed by atoms with E-state index in [0.29, 0.717) is 5.56 Å². The van der Waals surface area contributed by atoms with Gasteiger partial charge in [-0.2, -0.15) is 0 Å². The highest BCUT2D eigenvalue weighted by atomic mass is 19.2. The van der Waals surface area contributed by atoms with Crippen LogP contribution in [0.5, 0.6) is 0 Å². The second kappa shape index (κ2) is 5.48. The quantitative estimate of drug-likeness (QED) is 0.890. The van der Waals surface area contributed by atoms with Crippen LogP contribution in [0.15, 0.2) is 42.5 Å². The van der Waals surface area contributed by atoms with Gasteiger partial charge in [0.25, 0.3) is 0 Å². The molecule has 0 spiro atoms. The predicted octanol–water partition coefficient (Wildman–Crippen LogP) is 3.28. The molecule has 0 radical (unpaired) electrons. The molecule has 0 saturated heterocycles. The fourth-order valence-electron chi connectivity index (χ4n) is 1.65. The van der Waals surface area contributed by atoms with Crippen molar-refractivity contribution in [2.75, 3.05) is 5.32 Å². The average molecular weight is 263 g/mol. The van der Waals surface area contributed by atoms with Gasteiger partial charge in [0.2, 0.25) is 0 Å². The summed E-state index contributed by atoms with van der Waals surface area (Å²) in [6, 6.07) is 10.1. The van der Waals surface area contributed by atoms with E-state index in [1.54, 1.807) is 12.1 Å². The van der Waals surface area contributed by atoms with Gasteiger partial charge in [0, 0.05) is 6.54 Å². The van der Waals surface area contributed by atoms with Gasteiger partial charge in [-0.05, 0) is 29.8 Å². The third-order valence-corrected chi connectivity index (χ3v) is 2.61. The van der Waals surface area contributed by atoms with E-state index in [4.69, 9.17) is 5.11 Å². The molecule has 0 aliphatic carbocycles. The van der Waals surface area contributed by atoms with Gasteiger partial charge >= 0.3 is 5.97 Å². The van der Waals surface area contributed by atoms with Gasteiger partial charge < -0.3 is 10.4 Å².